The Balaban J connectivity index is 1.93. The van der Waals surface area contributed by atoms with Gasteiger partial charge in [0.25, 0.3) is 5.91 Å². The standard InChI is InChI=1S/C19H27N3O3/c1-4-17(23)21-9-6-10-22(12-11-21)19(25)15(3)20-18(24)16-8-5-7-14(2)13-16/h5,7-8,13,15H,4,6,9-12H2,1-3H3,(H,20,24). The number of carbonyl (C=O) groups is 3. The Hall–Kier alpha value is -2.37. The van der Waals surface area contributed by atoms with Crippen molar-refractivity contribution in [3.63, 3.8) is 0 Å². The van der Waals surface area contributed by atoms with Crippen LogP contribution in [0.25, 0.3) is 0 Å². The number of nitrogens with one attached hydrogen (secondary N) is 1. The monoisotopic (exact) mass is 345 g/mol. The molecule has 0 spiro atoms. The van der Waals surface area contributed by atoms with E-state index in [4.69, 9.17) is 0 Å². The highest BCUT2D eigenvalue weighted by molar-refractivity contribution is 5.97. The lowest BCUT2D eigenvalue weighted by atomic mass is 10.1. The van der Waals surface area contributed by atoms with Gasteiger partial charge in [-0.2, -0.15) is 0 Å². The van der Waals surface area contributed by atoms with Crippen molar-refractivity contribution < 1.29 is 14.4 Å². The lowest BCUT2D eigenvalue weighted by molar-refractivity contribution is -0.134. The highest BCUT2D eigenvalue weighted by Crippen LogP contribution is 2.08. The molecule has 0 bridgehead atoms. The van der Waals surface area contributed by atoms with Crippen molar-refractivity contribution in [3.8, 4) is 0 Å². The third kappa shape index (κ3) is 5.05. The number of hydrogen-bond acceptors (Lipinski definition) is 3. The Morgan fingerprint density at radius 3 is 2.48 bits per heavy atom. The second kappa shape index (κ2) is 8.65. The largest absolute Gasteiger partial charge is 0.341 e. The third-order valence-corrected chi connectivity index (χ3v) is 4.46. The maximum atomic E-state index is 12.6. The van der Waals surface area contributed by atoms with Crippen LogP contribution in [0.2, 0.25) is 0 Å². The first kappa shape index (κ1) is 19.0. The van der Waals surface area contributed by atoms with Crippen LogP contribution in [0.3, 0.4) is 0 Å². The van der Waals surface area contributed by atoms with Crippen molar-refractivity contribution in [2.75, 3.05) is 26.2 Å². The quantitative estimate of drug-likeness (QED) is 0.901. The Bertz CT molecular complexity index is 645. The van der Waals surface area contributed by atoms with Crippen LogP contribution in [-0.2, 0) is 9.59 Å². The van der Waals surface area contributed by atoms with Crippen molar-refractivity contribution in [2.24, 2.45) is 0 Å². The summed E-state index contributed by atoms with van der Waals surface area (Å²) in [5.41, 5.74) is 1.55. The smallest absolute Gasteiger partial charge is 0.251 e. The molecule has 1 N–H and O–H groups in total. The van der Waals surface area contributed by atoms with Gasteiger partial charge in [0.1, 0.15) is 6.04 Å². The van der Waals surface area contributed by atoms with E-state index in [-0.39, 0.29) is 17.7 Å². The van der Waals surface area contributed by atoms with Crippen LogP contribution in [0.15, 0.2) is 24.3 Å². The highest BCUT2D eigenvalue weighted by atomic mass is 16.2. The van der Waals surface area contributed by atoms with Gasteiger partial charge in [0.05, 0.1) is 0 Å². The van der Waals surface area contributed by atoms with Gasteiger partial charge in [0.2, 0.25) is 11.8 Å². The van der Waals surface area contributed by atoms with E-state index in [2.05, 4.69) is 5.32 Å². The normalized spacial score (nSPS) is 16.1. The van der Waals surface area contributed by atoms with E-state index in [1.165, 1.54) is 0 Å². The lowest BCUT2D eigenvalue weighted by Crippen LogP contribution is -2.48. The molecule has 1 aromatic carbocycles. The van der Waals surface area contributed by atoms with Gasteiger partial charge < -0.3 is 15.1 Å². The molecular weight excluding hydrogens is 318 g/mol. The Morgan fingerprint density at radius 1 is 1.12 bits per heavy atom. The van der Waals surface area contributed by atoms with Crippen LogP contribution >= 0.6 is 0 Å². The first-order valence-corrected chi connectivity index (χ1v) is 8.86. The maximum Gasteiger partial charge on any atom is 0.251 e. The summed E-state index contributed by atoms with van der Waals surface area (Å²) in [4.78, 5) is 40.3. The summed E-state index contributed by atoms with van der Waals surface area (Å²) < 4.78 is 0. The van der Waals surface area contributed by atoms with Gasteiger partial charge in [0.15, 0.2) is 0 Å². The van der Waals surface area contributed by atoms with E-state index < -0.39 is 6.04 Å². The van der Waals surface area contributed by atoms with E-state index in [9.17, 15) is 14.4 Å². The molecule has 1 aromatic rings. The molecule has 1 atom stereocenters. The number of hydrogen-bond donors (Lipinski definition) is 1. The summed E-state index contributed by atoms with van der Waals surface area (Å²) in [6.45, 7) is 7.82. The molecule has 3 amide bonds. The molecule has 6 heteroatoms. The molecular formula is C19H27N3O3. The SMILES string of the molecule is CCC(=O)N1CCCN(C(=O)C(C)NC(=O)c2cccc(C)c2)CC1. The lowest BCUT2D eigenvalue weighted by Gasteiger charge is -2.25. The predicted molar refractivity (Wildman–Crippen MR) is 96.2 cm³/mol. The molecule has 1 saturated heterocycles. The van der Waals surface area contributed by atoms with E-state index in [1.807, 2.05) is 30.9 Å². The Kier molecular flexibility index (Phi) is 6.56. The van der Waals surface area contributed by atoms with Gasteiger partial charge in [-0.05, 0) is 32.4 Å². The van der Waals surface area contributed by atoms with Crippen LogP contribution in [0.5, 0.6) is 0 Å². The average molecular weight is 345 g/mol. The molecule has 1 aliphatic heterocycles. The second-order valence-electron chi connectivity index (χ2n) is 6.48. The minimum absolute atomic E-state index is 0.105. The van der Waals surface area contributed by atoms with Gasteiger partial charge in [-0.1, -0.05) is 24.6 Å². The summed E-state index contributed by atoms with van der Waals surface area (Å²) in [6.07, 6.45) is 1.24. The molecule has 6 nitrogen and oxygen atoms in total. The van der Waals surface area contributed by atoms with Crippen LogP contribution in [0.1, 0.15) is 42.6 Å². The molecule has 25 heavy (non-hydrogen) atoms. The zero-order valence-electron chi connectivity index (χ0n) is 15.2. The molecule has 2 rings (SSSR count). The molecule has 136 valence electrons. The topological polar surface area (TPSA) is 69.7 Å². The first-order chi connectivity index (χ1) is 11.9. The number of benzene rings is 1. The molecule has 1 fully saturated rings. The summed E-state index contributed by atoms with van der Waals surface area (Å²) in [5, 5.41) is 2.78. The Morgan fingerprint density at radius 2 is 1.80 bits per heavy atom. The number of carbonyl (C=O) groups excluding carboxylic acids is 3. The average Bonchev–Trinajstić information content (AvgIpc) is 2.86. The van der Waals surface area contributed by atoms with Crippen molar-refractivity contribution in [1.82, 2.24) is 15.1 Å². The number of aryl methyl sites for hydroxylation is 1. The Labute approximate surface area is 149 Å². The van der Waals surface area contributed by atoms with Gasteiger partial charge in [-0.3, -0.25) is 14.4 Å². The van der Waals surface area contributed by atoms with Gasteiger partial charge in [-0.25, -0.2) is 0 Å². The van der Waals surface area contributed by atoms with E-state index >= 15 is 0 Å². The summed E-state index contributed by atoms with van der Waals surface area (Å²) in [6, 6.07) is 6.69. The second-order valence-corrected chi connectivity index (χ2v) is 6.48. The summed E-state index contributed by atoms with van der Waals surface area (Å²) in [5.74, 6) is -0.232. The van der Waals surface area contributed by atoms with Gasteiger partial charge in [0, 0.05) is 38.2 Å². The molecule has 1 unspecified atom stereocenters. The van der Waals surface area contributed by atoms with Gasteiger partial charge in [-0.15, -0.1) is 0 Å². The van der Waals surface area contributed by atoms with Crippen LogP contribution < -0.4 is 5.32 Å². The number of amides is 3. The first-order valence-electron chi connectivity index (χ1n) is 8.86. The highest BCUT2D eigenvalue weighted by Gasteiger charge is 2.25. The van der Waals surface area contributed by atoms with E-state index in [0.717, 1.165) is 12.0 Å². The van der Waals surface area contributed by atoms with Gasteiger partial charge >= 0.3 is 0 Å². The number of rotatable bonds is 4. The molecule has 0 radical (unpaired) electrons. The zero-order chi connectivity index (χ0) is 18.4. The molecule has 1 aliphatic rings. The van der Waals surface area contributed by atoms with Crippen LogP contribution in [0, 0.1) is 6.92 Å². The van der Waals surface area contributed by atoms with Crippen molar-refractivity contribution in [3.05, 3.63) is 35.4 Å². The zero-order valence-corrected chi connectivity index (χ0v) is 15.2. The minimum Gasteiger partial charge on any atom is -0.341 e. The minimum atomic E-state index is -0.596. The third-order valence-electron chi connectivity index (χ3n) is 4.46. The van der Waals surface area contributed by atoms with Crippen LogP contribution in [0.4, 0.5) is 0 Å². The van der Waals surface area contributed by atoms with E-state index in [1.54, 1.807) is 24.0 Å². The predicted octanol–water partition coefficient (Wildman–Crippen LogP) is 1.58. The molecule has 0 aliphatic carbocycles. The molecule has 1 heterocycles. The van der Waals surface area contributed by atoms with E-state index in [0.29, 0.717) is 38.2 Å². The van der Waals surface area contributed by atoms with Crippen molar-refractivity contribution in [2.45, 2.75) is 39.7 Å². The van der Waals surface area contributed by atoms with Crippen molar-refractivity contribution in [1.29, 1.82) is 0 Å². The fraction of sp³-hybridized carbons (Fsp3) is 0.526. The molecule has 0 aromatic heterocycles. The number of nitrogens with zero attached hydrogens (tertiary/aromatic N) is 2. The maximum absolute atomic E-state index is 12.6. The summed E-state index contributed by atoms with van der Waals surface area (Å²) >= 11 is 0. The fourth-order valence-electron chi connectivity index (χ4n) is 3.01. The summed E-state index contributed by atoms with van der Waals surface area (Å²) in [7, 11) is 0. The molecule has 0 saturated carbocycles. The van der Waals surface area contributed by atoms with Crippen molar-refractivity contribution >= 4 is 17.7 Å². The van der Waals surface area contributed by atoms with Crippen LogP contribution in [-0.4, -0.2) is 59.7 Å². The fourth-order valence-corrected chi connectivity index (χ4v) is 3.01.